The normalized spacial score (nSPS) is 23.2. The maximum atomic E-state index is 14.0. The molecule has 1 heterocycles. The second kappa shape index (κ2) is 5.46. The van der Waals surface area contributed by atoms with Gasteiger partial charge in [-0.3, -0.25) is 0 Å². The van der Waals surface area contributed by atoms with Crippen molar-refractivity contribution in [2.45, 2.75) is 18.9 Å². The highest BCUT2D eigenvalue weighted by molar-refractivity contribution is 7.91. The number of benzene rings is 1. The Labute approximate surface area is 112 Å². The molecule has 4 nitrogen and oxygen atoms in total. The standard InChI is InChI=1S/C13H18FNO3S/c1-18-12-4-2-3-9(13(12)14)7-11(15)10-5-6-19(16,17)8-10/h2-4,10-11H,5-8,15H2,1H3. The third-order valence-electron chi connectivity index (χ3n) is 3.59. The highest BCUT2D eigenvalue weighted by Gasteiger charge is 2.32. The summed E-state index contributed by atoms with van der Waals surface area (Å²) < 4.78 is 41.7. The van der Waals surface area contributed by atoms with Crippen LogP contribution in [-0.2, 0) is 16.3 Å². The lowest BCUT2D eigenvalue weighted by molar-refractivity contribution is 0.381. The smallest absolute Gasteiger partial charge is 0.168 e. The SMILES string of the molecule is COc1cccc(CC(N)C2CCS(=O)(=O)C2)c1F. The molecule has 1 fully saturated rings. The van der Waals surface area contributed by atoms with Gasteiger partial charge in [-0.1, -0.05) is 12.1 Å². The monoisotopic (exact) mass is 287 g/mol. The molecule has 0 spiro atoms. The summed E-state index contributed by atoms with van der Waals surface area (Å²) in [5.41, 5.74) is 6.49. The fourth-order valence-corrected chi connectivity index (χ4v) is 4.35. The van der Waals surface area contributed by atoms with Gasteiger partial charge in [-0.2, -0.15) is 0 Å². The fourth-order valence-electron chi connectivity index (χ4n) is 2.45. The Hall–Kier alpha value is -1.14. The zero-order chi connectivity index (χ0) is 14.0. The number of nitrogens with two attached hydrogens (primary N) is 1. The summed E-state index contributed by atoms with van der Waals surface area (Å²) in [6.07, 6.45) is 0.887. The van der Waals surface area contributed by atoms with Crippen molar-refractivity contribution in [3.05, 3.63) is 29.6 Å². The second-order valence-corrected chi connectivity index (χ2v) is 7.19. The molecule has 106 valence electrons. The lowest BCUT2D eigenvalue weighted by Gasteiger charge is -2.18. The van der Waals surface area contributed by atoms with Crippen LogP contribution in [-0.4, -0.2) is 33.1 Å². The van der Waals surface area contributed by atoms with Gasteiger partial charge in [0.25, 0.3) is 0 Å². The lowest BCUT2D eigenvalue weighted by atomic mass is 9.93. The molecule has 2 N–H and O–H groups in total. The van der Waals surface area contributed by atoms with Gasteiger partial charge in [0.15, 0.2) is 21.4 Å². The summed E-state index contributed by atoms with van der Waals surface area (Å²) >= 11 is 0. The molecule has 0 amide bonds. The van der Waals surface area contributed by atoms with Crippen molar-refractivity contribution in [3.63, 3.8) is 0 Å². The van der Waals surface area contributed by atoms with Crippen LogP contribution in [0.25, 0.3) is 0 Å². The van der Waals surface area contributed by atoms with Crippen LogP contribution in [0.5, 0.6) is 5.75 Å². The van der Waals surface area contributed by atoms with E-state index in [0.717, 1.165) is 0 Å². The first kappa shape index (κ1) is 14.3. The molecule has 0 aliphatic carbocycles. The van der Waals surface area contributed by atoms with Crippen LogP contribution in [0.2, 0.25) is 0 Å². The number of ether oxygens (including phenoxy) is 1. The molecule has 0 saturated carbocycles. The average Bonchev–Trinajstić information content (AvgIpc) is 2.72. The number of halogens is 1. The van der Waals surface area contributed by atoms with Gasteiger partial charge >= 0.3 is 0 Å². The first-order chi connectivity index (χ1) is 8.93. The van der Waals surface area contributed by atoms with Crippen molar-refractivity contribution in [3.8, 4) is 5.75 Å². The number of sulfone groups is 1. The molecule has 0 aromatic heterocycles. The zero-order valence-electron chi connectivity index (χ0n) is 10.8. The van der Waals surface area contributed by atoms with Gasteiger partial charge in [0, 0.05) is 6.04 Å². The summed E-state index contributed by atoms with van der Waals surface area (Å²) in [4.78, 5) is 0. The van der Waals surface area contributed by atoms with Crippen molar-refractivity contribution in [1.29, 1.82) is 0 Å². The largest absolute Gasteiger partial charge is 0.494 e. The number of rotatable bonds is 4. The molecule has 19 heavy (non-hydrogen) atoms. The van der Waals surface area contributed by atoms with Crippen LogP contribution in [0.3, 0.4) is 0 Å². The molecule has 1 aromatic rings. The highest BCUT2D eigenvalue weighted by Crippen LogP contribution is 2.26. The third-order valence-corrected chi connectivity index (χ3v) is 5.39. The molecule has 2 atom stereocenters. The molecule has 2 unspecified atom stereocenters. The average molecular weight is 287 g/mol. The van der Waals surface area contributed by atoms with Gasteiger partial charge in [-0.15, -0.1) is 0 Å². The Bertz CT molecular complexity index is 559. The van der Waals surface area contributed by atoms with Gasteiger partial charge in [-0.25, -0.2) is 12.8 Å². The fraction of sp³-hybridized carbons (Fsp3) is 0.538. The van der Waals surface area contributed by atoms with Gasteiger partial charge in [0.05, 0.1) is 18.6 Å². The number of hydrogen-bond donors (Lipinski definition) is 1. The van der Waals surface area contributed by atoms with E-state index >= 15 is 0 Å². The van der Waals surface area contributed by atoms with E-state index in [-0.39, 0.29) is 29.2 Å². The molecule has 0 radical (unpaired) electrons. The molecule has 1 aliphatic rings. The maximum absolute atomic E-state index is 14.0. The van der Waals surface area contributed by atoms with Crippen LogP contribution in [0.4, 0.5) is 4.39 Å². The predicted octanol–water partition coefficient (Wildman–Crippen LogP) is 1.14. The molecule has 1 aromatic carbocycles. The minimum Gasteiger partial charge on any atom is -0.494 e. The minimum absolute atomic E-state index is 0.0874. The van der Waals surface area contributed by atoms with Crippen LogP contribution in [0.1, 0.15) is 12.0 Å². The van der Waals surface area contributed by atoms with Crippen molar-refractivity contribution >= 4 is 9.84 Å². The zero-order valence-corrected chi connectivity index (χ0v) is 11.6. The van der Waals surface area contributed by atoms with Crippen LogP contribution < -0.4 is 10.5 Å². The van der Waals surface area contributed by atoms with Crippen LogP contribution in [0, 0.1) is 11.7 Å². The van der Waals surface area contributed by atoms with E-state index in [4.69, 9.17) is 10.5 Å². The van der Waals surface area contributed by atoms with E-state index in [2.05, 4.69) is 0 Å². The Kier molecular flexibility index (Phi) is 4.10. The van der Waals surface area contributed by atoms with E-state index in [1.165, 1.54) is 7.11 Å². The third kappa shape index (κ3) is 3.25. The van der Waals surface area contributed by atoms with Crippen LogP contribution in [0.15, 0.2) is 18.2 Å². The van der Waals surface area contributed by atoms with Gasteiger partial charge in [0.2, 0.25) is 0 Å². The molecular weight excluding hydrogens is 269 g/mol. The Morgan fingerprint density at radius 2 is 2.26 bits per heavy atom. The number of hydrogen-bond acceptors (Lipinski definition) is 4. The highest BCUT2D eigenvalue weighted by atomic mass is 32.2. The molecule has 2 rings (SSSR count). The Morgan fingerprint density at radius 1 is 1.53 bits per heavy atom. The van der Waals surface area contributed by atoms with Gasteiger partial charge in [-0.05, 0) is 30.4 Å². The summed E-state index contributed by atoms with van der Waals surface area (Å²) in [7, 11) is -1.55. The second-order valence-electron chi connectivity index (χ2n) is 4.96. The van der Waals surface area contributed by atoms with Crippen LogP contribution >= 0.6 is 0 Å². The summed E-state index contributed by atoms with van der Waals surface area (Å²) in [6, 6.07) is 4.56. The molecule has 6 heteroatoms. The van der Waals surface area contributed by atoms with E-state index in [1.807, 2.05) is 0 Å². The van der Waals surface area contributed by atoms with E-state index in [1.54, 1.807) is 18.2 Å². The van der Waals surface area contributed by atoms with E-state index < -0.39 is 15.7 Å². The molecule has 0 bridgehead atoms. The van der Waals surface area contributed by atoms with Crippen molar-refractivity contribution in [2.24, 2.45) is 11.7 Å². The predicted molar refractivity (Wildman–Crippen MR) is 71.4 cm³/mol. The molecule has 1 aliphatic heterocycles. The van der Waals surface area contributed by atoms with Gasteiger partial charge in [0.1, 0.15) is 0 Å². The Morgan fingerprint density at radius 3 is 2.84 bits per heavy atom. The molecular formula is C13H18FNO3S. The topological polar surface area (TPSA) is 69.4 Å². The summed E-state index contributed by atoms with van der Waals surface area (Å²) in [5.74, 6) is -0.0215. The Balaban J connectivity index is 2.09. The van der Waals surface area contributed by atoms with Gasteiger partial charge < -0.3 is 10.5 Å². The van der Waals surface area contributed by atoms with Crippen molar-refractivity contribution in [1.82, 2.24) is 0 Å². The quantitative estimate of drug-likeness (QED) is 0.901. The van der Waals surface area contributed by atoms with E-state index in [0.29, 0.717) is 18.4 Å². The van der Waals surface area contributed by atoms with Crippen molar-refractivity contribution < 1.29 is 17.5 Å². The summed E-state index contributed by atoms with van der Waals surface area (Å²) in [5, 5.41) is 0. The van der Waals surface area contributed by atoms with E-state index in [9.17, 15) is 12.8 Å². The molecule has 1 saturated heterocycles. The van der Waals surface area contributed by atoms with Crippen molar-refractivity contribution in [2.75, 3.05) is 18.6 Å². The maximum Gasteiger partial charge on any atom is 0.168 e. The minimum atomic E-state index is -2.95. The number of methoxy groups -OCH3 is 1. The lowest BCUT2D eigenvalue weighted by Crippen LogP contribution is -2.33. The summed E-state index contributed by atoms with van der Waals surface area (Å²) in [6.45, 7) is 0. The first-order valence-electron chi connectivity index (χ1n) is 6.20. The first-order valence-corrected chi connectivity index (χ1v) is 8.02.